The van der Waals surface area contributed by atoms with Gasteiger partial charge in [-0.25, -0.2) is 26.0 Å². The van der Waals surface area contributed by atoms with E-state index >= 15 is 0 Å². The van der Waals surface area contributed by atoms with Gasteiger partial charge in [0.1, 0.15) is 12.6 Å². The third-order valence-corrected chi connectivity index (χ3v) is 15.9. The van der Waals surface area contributed by atoms with Crippen LogP contribution in [-0.4, -0.2) is 146 Å². The van der Waals surface area contributed by atoms with Crippen LogP contribution in [0.4, 0.5) is 24.8 Å². The van der Waals surface area contributed by atoms with Gasteiger partial charge in [-0.1, -0.05) is 42.4 Å². The van der Waals surface area contributed by atoms with Crippen LogP contribution >= 0.6 is 30.1 Å². The summed E-state index contributed by atoms with van der Waals surface area (Å²) < 4.78 is 61.1. The number of nitrogens with one attached hydrogen (secondary N) is 4. The van der Waals surface area contributed by atoms with Crippen LogP contribution in [0.3, 0.4) is 0 Å². The third-order valence-electron chi connectivity index (χ3n) is 11.2. The number of benzene rings is 1. The maximum Gasteiger partial charge on any atom is 0.471 e. The molecule has 1 fully saturated rings. The van der Waals surface area contributed by atoms with Gasteiger partial charge in [-0.3, -0.25) is 44.0 Å². The third kappa shape index (κ3) is 18.4. The maximum absolute atomic E-state index is 13.8. The molecule has 1 aromatic carbocycles. The standard InChI is InChI=1S/C47H65F3N11O10PS2/c1-10-33-24-35(71-72(70-21-19-51-8)61(29(4)5)30(6)7)27-59(33)38(63)12-11-22-73-74-23-20-52-37(62)18-17-36(44(67)69-9)55-42(65)31-13-15-34(16-14-31)60(45(68)47(48,49)50)26-32-25-53-40-39(54-32)43(66)58-46(56-40)57-41(64)28(2)3/h13-16,25,28-30,33,35-36H,10-12,17-24,26-27H2,1-7,9H3,(H,52,62)(H,55,65)(H2,53,56,57,58,64,66)/t33-,35-,36+,72?/m1/s1. The number of anilines is 2. The molecule has 406 valence electrons. The Morgan fingerprint density at radius 2 is 1.70 bits per heavy atom. The average Bonchev–Trinajstić information content (AvgIpc) is 3.77. The molecule has 0 radical (unpaired) electrons. The highest BCUT2D eigenvalue weighted by Gasteiger charge is 2.43. The van der Waals surface area contributed by atoms with Crippen molar-refractivity contribution in [3.63, 3.8) is 0 Å². The largest absolute Gasteiger partial charge is 0.471 e. The van der Waals surface area contributed by atoms with Crippen molar-refractivity contribution in [2.45, 2.75) is 130 Å². The minimum absolute atomic E-state index is 0.0658. The van der Waals surface area contributed by atoms with E-state index in [1.54, 1.807) is 24.6 Å². The van der Waals surface area contributed by atoms with E-state index in [-0.39, 0.29) is 96.1 Å². The van der Waals surface area contributed by atoms with Crippen molar-refractivity contribution >= 4 is 88.4 Å². The first-order valence-corrected chi connectivity index (χ1v) is 27.7. The Hall–Kier alpha value is -5.45. The summed E-state index contributed by atoms with van der Waals surface area (Å²) in [5.74, 6) is -4.07. The fourth-order valence-corrected chi connectivity index (χ4v) is 11.3. The molecule has 0 spiro atoms. The summed E-state index contributed by atoms with van der Waals surface area (Å²) in [5, 5.41) is 7.68. The number of halogens is 3. The lowest BCUT2D eigenvalue weighted by Gasteiger charge is -2.36. The van der Waals surface area contributed by atoms with Crippen LogP contribution in [0.1, 0.15) is 103 Å². The number of likely N-dealkylation sites (tertiary alicyclic amines) is 1. The van der Waals surface area contributed by atoms with Gasteiger partial charge in [-0.2, -0.15) is 18.2 Å². The van der Waals surface area contributed by atoms with Crippen molar-refractivity contribution in [2.75, 3.05) is 55.1 Å². The van der Waals surface area contributed by atoms with Crippen LogP contribution in [0.2, 0.25) is 0 Å². The van der Waals surface area contributed by atoms with Gasteiger partial charge in [0.15, 0.2) is 11.2 Å². The highest BCUT2D eigenvalue weighted by Crippen LogP contribution is 2.48. The average molecular weight is 1100 g/mol. The molecule has 0 saturated carbocycles. The zero-order valence-electron chi connectivity index (χ0n) is 42.7. The first-order chi connectivity index (χ1) is 35.1. The number of aromatic amines is 1. The predicted molar refractivity (Wildman–Crippen MR) is 277 cm³/mol. The topological polar surface area (TPSA) is 252 Å². The number of hydrogen-bond donors (Lipinski definition) is 4. The molecule has 2 aromatic heterocycles. The molecule has 3 heterocycles. The minimum Gasteiger partial charge on any atom is -0.467 e. The number of carbonyl (C=O) groups is 6. The van der Waals surface area contributed by atoms with E-state index in [0.717, 1.165) is 44.0 Å². The summed E-state index contributed by atoms with van der Waals surface area (Å²) in [6, 6.07) is 3.56. The Labute approximate surface area is 437 Å². The number of rotatable bonds is 28. The summed E-state index contributed by atoms with van der Waals surface area (Å²) in [7, 11) is 2.81. The molecule has 21 nitrogen and oxygen atoms in total. The normalized spacial score (nSPS) is 15.6. The van der Waals surface area contributed by atoms with Crippen molar-refractivity contribution in [3.05, 3.63) is 63.5 Å². The molecule has 4 atom stereocenters. The maximum atomic E-state index is 13.8. The SMILES string of the molecule is [C-]#[N+]CCOP(O[C@@H]1C[C@@H](CC)N(C(=O)CCCSSCCNC(=O)CC[C@H](NC(=O)c2ccc(N(Cc3cnc4nc(NC(=O)C(C)C)[nH]c(=O)c4n3)C(=O)C(F)(F)F)cc2)C(=O)OC)C1)N(C(C)C)C(C)C. The number of methoxy groups -OCH3 is 1. The number of esters is 1. The molecule has 3 aromatic rings. The molecule has 0 bridgehead atoms. The van der Waals surface area contributed by atoms with E-state index in [4.69, 9.17) is 20.4 Å². The van der Waals surface area contributed by atoms with Gasteiger partial charge in [0.25, 0.3) is 20.0 Å². The predicted octanol–water partition coefficient (Wildman–Crippen LogP) is 6.41. The Kier molecular flexibility index (Phi) is 24.4. The van der Waals surface area contributed by atoms with Gasteiger partial charge in [-0.15, -0.1) is 0 Å². The Morgan fingerprint density at radius 3 is 2.32 bits per heavy atom. The van der Waals surface area contributed by atoms with Crippen molar-refractivity contribution < 1.29 is 55.7 Å². The van der Waals surface area contributed by atoms with Crippen LogP contribution < -0.4 is 26.4 Å². The second kappa shape index (κ2) is 29.6. The molecular formula is C47H65F3N11O10PS2. The highest BCUT2D eigenvalue weighted by molar-refractivity contribution is 8.76. The zero-order valence-corrected chi connectivity index (χ0v) is 45.2. The fourth-order valence-electron chi connectivity index (χ4n) is 7.57. The molecule has 1 unspecified atom stereocenters. The van der Waals surface area contributed by atoms with Gasteiger partial charge >= 0.3 is 18.1 Å². The second-order valence-electron chi connectivity index (χ2n) is 17.8. The number of fused-ring (bicyclic) bond motifs is 1. The van der Waals surface area contributed by atoms with Crippen LogP contribution in [0.25, 0.3) is 16.0 Å². The molecule has 1 aliphatic heterocycles. The van der Waals surface area contributed by atoms with E-state index in [2.05, 4.69) is 80.0 Å². The van der Waals surface area contributed by atoms with Gasteiger partial charge < -0.3 is 34.2 Å². The number of nitrogens with zero attached hydrogens (tertiary/aromatic N) is 7. The van der Waals surface area contributed by atoms with Gasteiger partial charge in [-0.05, 0) is 77.6 Å². The quantitative estimate of drug-likeness (QED) is 0.0202. The lowest BCUT2D eigenvalue weighted by atomic mass is 10.1. The van der Waals surface area contributed by atoms with E-state index in [9.17, 15) is 46.7 Å². The summed E-state index contributed by atoms with van der Waals surface area (Å²) in [4.78, 5) is 110. The lowest BCUT2D eigenvalue weighted by Crippen LogP contribution is -2.42. The van der Waals surface area contributed by atoms with Crippen LogP contribution in [0, 0.1) is 12.5 Å². The summed E-state index contributed by atoms with van der Waals surface area (Å²) in [6.45, 7) is 21.3. The van der Waals surface area contributed by atoms with E-state index < -0.39 is 62.5 Å². The number of hydrogen-bond acceptors (Lipinski definition) is 16. The summed E-state index contributed by atoms with van der Waals surface area (Å²) in [6.07, 6.45) is -2.22. The van der Waals surface area contributed by atoms with E-state index in [1.165, 1.54) is 10.8 Å². The highest BCUT2D eigenvalue weighted by atomic mass is 33.1. The van der Waals surface area contributed by atoms with Crippen molar-refractivity contribution in [2.24, 2.45) is 5.92 Å². The first-order valence-electron chi connectivity index (χ1n) is 24.0. The molecule has 27 heteroatoms. The Morgan fingerprint density at radius 1 is 1.01 bits per heavy atom. The summed E-state index contributed by atoms with van der Waals surface area (Å²) >= 11 is 0. The minimum atomic E-state index is -5.34. The number of aromatic nitrogens is 4. The second-order valence-corrected chi connectivity index (χ2v) is 21.9. The first kappa shape index (κ1) is 61.1. The molecule has 1 saturated heterocycles. The number of amides is 5. The number of alkyl halides is 3. The zero-order chi connectivity index (χ0) is 54.7. The lowest BCUT2D eigenvalue weighted by molar-refractivity contribution is -0.170. The van der Waals surface area contributed by atoms with Crippen molar-refractivity contribution in [1.29, 1.82) is 0 Å². The fraction of sp³-hybridized carbons (Fsp3) is 0.596. The monoisotopic (exact) mass is 1100 g/mol. The number of H-pyrrole nitrogens is 1. The molecular weight excluding hydrogens is 1030 g/mol. The smallest absolute Gasteiger partial charge is 0.467 e. The summed E-state index contributed by atoms with van der Waals surface area (Å²) in [5.41, 5.74) is -2.04. The van der Waals surface area contributed by atoms with E-state index in [1.807, 2.05) is 4.90 Å². The Balaban J connectivity index is 1.23. The van der Waals surface area contributed by atoms with E-state index in [0.29, 0.717) is 48.8 Å². The molecule has 74 heavy (non-hydrogen) atoms. The van der Waals surface area contributed by atoms with Gasteiger partial charge in [0.05, 0.1) is 31.6 Å². The van der Waals surface area contributed by atoms with Crippen LogP contribution in [0.5, 0.6) is 0 Å². The molecule has 1 aliphatic rings. The molecule has 0 aliphatic carbocycles. The van der Waals surface area contributed by atoms with Crippen LogP contribution in [-0.2, 0) is 44.3 Å². The van der Waals surface area contributed by atoms with Crippen LogP contribution in [0.15, 0.2) is 35.3 Å². The van der Waals surface area contributed by atoms with Gasteiger partial charge in [0, 0.05) is 72.7 Å². The Bertz CT molecular complexity index is 2490. The van der Waals surface area contributed by atoms with Crippen molar-refractivity contribution in [1.82, 2.24) is 40.1 Å². The number of ether oxygens (including phenoxy) is 1. The molecule has 4 N–H and O–H groups in total. The number of carbonyl (C=O) groups excluding carboxylic acids is 6. The molecule has 4 rings (SSSR count). The van der Waals surface area contributed by atoms with Crippen molar-refractivity contribution in [3.8, 4) is 0 Å². The molecule has 5 amide bonds. The van der Waals surface area contributed by atoms with Gasteiger partial charge in [0.2, 0.25) is 30.2 Å².